The number of hydrogen-bond acceptors (Lipinski definition) is 2. The predicted octanol–water partition coefficient (Wildman–Crippen LogP) is 2.58. The summed E-state index contributed by atoms with van der Waals surface area (Å²) in [6.45, 7) is 0. The number of nitrogens with zero attached hydrogens (tertiary/aromatic N) is 2. The van der Waals surface area contributed by atoms with E-state index in [1.54, 1.807) is 12.4 Å². The van der Waals surface area contributed by atoms with Crippen LogP contribution in [0.1, 0.15) is 0 Å². The van der Waals surface area contributed by atoms with Crippen molar-refractivity contribution in [3.63, 3.8) is 0 Å². The monoisotopic (exact) mass is 179 g/mol. The molecule has 1 radical (unpaired) electrons. The molecule has 65 valence electrons. The van der Waals surface area contributed by atoms with E-state index < -0.39 is 0 Å². The van der Waals surface area contributed by atoms with Crippen LogP contribution in [0.3, 0.4) is 0 Å². The van der Waals surface area contributed by atoms with Crippen molar-refractivity contribution in [2.75, 3.05) is 0 Å². The highest BCUT2D eigenvalue weighted by atomic mass is 14.7. The van der Waals surface area contributed by atoms with E-state index in [4.69, 9.17) is 0 Å². The maximum Gasteiger partial charge on any atom is 0.0781 e. The molecule has 2 heteroatoms. The molecule has 0 saturated heterocycles. The SMILES string of the molecule is [c]1cnc2c(c1)ccc1cnccc12. The molecule has 0 bridgehead atoms. The van der Waals surface area contributed by atoms with Crippen molar-refractivity contribution in [2.45, 2.75) is 0 Å². The van der Waals surface area contributed by atoms with Crippen molar-refractivity contribution in [2.24, 2.45) is 0 Å². The average molecular weight is 179 g/mol. The van der Waals surface area contributed by atoms with Crippen molar-refractivity contribution >= 4 is 21.7 Å². The van der Waals surface area contributed by atoms with E-state index in [1.165, 1.54) is 0 Å². The molecule has 0 N–H and O–H groups in total. The molecule has 2 heterocycles. The molecular weight excluding hydrogens is 172 g/mol. The van der Waals surface area contributed by atoms with Crippen LogP contribution in [0, 0.1) is 6.07 Å². The van der Waals surface area contributed by atoms with E-state index in [-0.39, 0.29) is 0 Å². The lowest BCUT2D eigenvalue weighted by Gasteiger charge is -2.00. The van der Waals surface area contributed by atoms with Crippen LogP contribution in [-0.4, -0.2) is 9.97 Å². The Morgan fingerprint density at radius 3 is 3.00 bits per heavy atom. The zero-order chi connectivity index (χ0) is 9.38. The van der Waals surface area contributed by atoms with E-state index in [9.17, 15) is 0 Å². The molecule has 0 atom stereocenters. The van der Waals surface area contributed by atoms with Gasteiger partial charge in [-0.05, 0) is 12.1 Å². The van der Waals surface area contributed by atoms with Crippen LogP contribution < -0.4 is 0 Å². The molecule has 2 aromatic heterocycles. The first-order valence-electron chi connectivity index (χ1n) is 4.44. The maximum atomic E-state index is 4.33. The second-order valence-electron chi connectivity index (χ2n) is 3.17. The van der Waals surface area contributed by atoms with Crippen molar-refractivity contribution in [1.82, 2.24) is 9.97 Å². The van der Waals surface area contributed by atoms with E-state index in [2.05, 4.69) is 22.1 Å². The standard InChI is InChI=1S/C12H7N2/c1-2-9-3-4-10-8-13-7-5-11(10)12(9)14-6-1/h2-8H. The minimum absolute atomic E-state index is 1.02. The van der Waals surface area contributed by atoms with Crippen LogP contribution in [0.15, 0.2) is 42.9 Å². The average Bonchev–Trinajstić information content (AvgIpc) is 2.29. The first-order valence-corrected chi connectivity index (χ1v) is 4.44. The summed E-state index contributed by atoms with van der Waals surface area (Å²) in [6.07, 6.45) is 5.34. The van der Waals surface area contributed by atoms with Gasteiger partial charge in [0.05, 0.1) is 5.52 Å². The molecule has 14 heavy (non-hydrogen) atoms. The number of aromatic nitrogens is 2. The van der Waals surface area contributed by atoms with Gasteiger partial charge in [0.25, 0.3) is 0 Å². The summed E-state index contributed by atoms with van der Waals surface area (Å²) in [6, 6.07) is 11.0. The molecule has 0 fully saturated rings. The van der Waals surface area contributed by atoms with E-state index >= 15 is 0 Å². The van der Waals surface area contributed by atoms with Crippen molar-refractivity contribution in [3.8, 4) is 0 Å². The Morgan fingerprint density at radius 2 is 2.00 bits per heavy atom. The van der Waals surface area contributed by atoms with Gasteiger partial charge in [0.1, 0.15) is 0 Å². The molecule has 0 unspecified atom stereocenters. The summed E-state index contributed by atoms with van der Waals surface area (Å²) in [5.74, 6) is 0. The van der Waals surface area contributed by atoms with Crippen molar-refractivity contribution < 1.29 is 0 Å². The molecule has 0 spiro atoms. The third-order valence-electron chi connectivity index (χ3n) is 2.33. The minimum atomic E-state index is 1.02. The fourth-order valence-electron chi connectivity index (χ4n) is 1.66. The summed E-state index contributed by atoms with van der Waals surface area (Å²) in [4.78, 5) is 8.41. The largest absolute Gasteiger partial charge is 0.264 e. The fraction of sp³-hybridized carbons (Fsp3) is 0. The number of fused-ring (bicyclic) bond motifs is 3. The third kappa shape index (κ3) is 0.973. The highest BCUT2D eigenvalue weighted by Crippen LogP contribution is 2.21. The van der Waals surface area contributed by atoms with Gasteiger partial charge in [-0.1, -0.05) is 12.1 Å². The van der Waals surface area contributed by atoms with E-state index in [1.807, 2.05) is 24.4 Å². The Morgan fingerprint density at radius 1 is 1.07 bits per heavy atom. The summed E-state index contributed by atoms with van der Waals surface area (Å²) in [5.41, 5.74) is 1.02. The van der Waals surface area contributed by atoms with Gasteiger partial charge in [-0.2, -0.15) is 0 Å². The van der Waals surface area contributed by atoms with E-state index in [0.29, 0.717) is 0 Å². The van der Waals surface area contributed by atoms with Gasteiger partial charge in [-0.25, -0.2) is 0 Å². The lowest BCUT2D eigenvalue weighted by molar-refractivity contribution is 1.36. The van der Waals surface area contributed by atoms with Crippen molar-refractivity contribution in [1.29, 1.82) is 0 Å². The summed E-state index contributed by atoms with van der Waals surface area (Å²) in [7, 11) is 0. The first kappa shape index (κ1) is 7.44. The topological polar surface area (TPSA) is 25.8 Å². The molecule has 2 nitrogen and oxygen atoms in total. The minimum Gasteiger partial charge on any atom is -0.264 e. The van der Waals surface area contributed by atoms with Crippen LogP contribution in [-0.2, 0) is 0 Å². The molecular formula is C12H7N2. The smallest absolute Gasteiger partial charge is 0.0781 e. The molecule has 3 rings (SSSR count). The summed E-state index contributed by atoms with van der Waals surface area (Å²) >= 11 is 0. The Labute approximate surface area is 81.2 Å². The number of pyridine rings is 2. The predicted molar refractivity (Wildman–Crippen MR) is 55.9 cm³/mol. The second-order valence-corrected chi connectivity index (χ2v) is 3.17. The Bertz CT molecular complexity index is 547. The lowest BCUT2D eigenvalue weighted by atomic mass is 10.1. The highest BCUT2D eigenvalue weighted by Gasteiger charge is 1.99. The number of benzene rings is 1. The maximum absolute atomic E-state index is 4.33. The van der Waals surface area contributed by atoms with Gasteiger partial charge in [0.2, 0.25) is 0 Å². The molecule has 0 aliphatic carbocycles. The van der Waals surface area contributed by atoms with Crippen LogP contribution in [0.2, 0.25) is 0 Å². The molecule has 0 aliphatic heterocycles. The molecule has 3 aromatic rings. The normalized spacial score (nSPS) is 10.9. The lowest BCUT2D eigenvalue weighted by Crippen LogP contribution is -1.81. The van der Waals surface area contributed by atoms with Gasteiger partial charge >= 0.3 is 0 Å². The Hall–Kier alpha value is -1.96. The number of hydrogen-bond donors (Lipinski definition) is 0. The van der Waals surface area contributed by atoms with Gasteiger partial charge in [0.15, 0.2) is 0 Å². The van der Waals surface area contributed by atoms with Crippen LogP contribution in [0.4, 0.5) is 0 Å². The summed E-state index contributed by atoms with van der Waals surface area (Å²) < 4.78 is 0. The van der Waals surface area contributed by atoms with Crippen LogP contribution >= 0.6 is 0 Å². The Balaban J connectivity index is 2.61. The molecule has 0 aliphatic rings. The van der Waals surface area contributed by atoms with Crippen LogP contribution in [0.5, 0.6) is 0 Å². The third-order valence-corrected chi connectivity index (χ3v) is 2.33. The van der Waals surface area contributed by atoms with Gasteiger partial charge in [-0.3, -0.25) is 9.97 Å². The zero-order valence-electron chi connectivity index (χ0n) is 7.44. The molecule has 1 aromatic carbocycles. The van der Waals surface area contributed by atoms with Gasteiger partial charge in [0, 0.05) is 40.8 Å². The number of rotatable bonds is 0. The van der Waals surface area contributed by atoms with Crippen molar-refractivity contribution in [3.05, 3.63) is 48.9 Å². The van der Waals surface area contributed by atoms with Gasteiger partial charge < -0.3 is 0 Å². The quantitative estimate of drug-likeness (QED) is 0.496. The Kier molecular flexibility index (Phi) is 1.47. The summed E-state index contributed by atoms with van der Waals surface area (Å²) in [5, 5.41) is 3.39. The zero-order valence-corrected chi connectivity index (χ0v) is 7.44. The van der Waals surface area contributed by atoms with Gasteiger partial charge in [-0.15, -0.1) is 0 Å². The highest BCUT2D eigenvalue weighted by molar-refractivity contribution is 6.04. The molecule has 0 amide bonds. The fourth-order valence-corrected chi connectivity index (χ4v) is 1.66. The second kappa shape index (κ2) is 2.77. The van der Waals surface area contributed by atoms with E-state index in [0.717, 1.165) is 21.7 Å². The van der Waals surface area contributed by atoms with Crippen LogP contribution in [0.25, 0.3) is 21.7 Å². The molecule has 0 saturated carbocycles. The first-order chi connectivity index (χ1) is 6.95.